The zero-order valence-corrected chi connectivity index (χ0v) is 12.8. The average molecular weight is 324 g/mol. The number of alkyl halides is 1. The lowest BCUT2D eigenvalue weighted by Gasteiger charge is -2.32. The van der Waals surface area contributed by atoms with Gasteiger partial charge in [0.1, 0.15) is 4.90 Å². The highest BCUT2D eigenvalue weighted by molar-refractivity contribution is 7.89. The highest BCUT2D eigenvalue weighted by atomic mass is 35.5. The Kier molecular flexibility index (Phi) is 4.74. The van der Waals surface area contributed by atoms with Crippen molar-refractivity contribution in [2.45, 2.75) is 23.7 Å². The summed E-state index contributed by atoms with van der Waals surface area (Å²) in [7, 11) is -3.61. The monoisotopic (exact) mass is 323 g/mol. The van der Waals surface area contributed by atoms with Crippen LogP contribution in [0.4, 0.5) is 0 Å². The standard InChI is InChI=1S/C12H15Cl2NO3S/c1-9-8-18-5-4-15(9)19(16,17)12-6-10(7-13)2-3-11(12)14/h2-3,6,9H,4-5,7-8H2,1H3. The van der Waals surface area contributed by atoms with Gasteiger partial charge in [0.15, 0.2) is 0 Å². The third kappa shape index (κ3) is 3.06. The Morgan fingerprint density at radius 3 is 2.84 bits per heavy atom. The smallest absolute Gasteiger partial charge is 0.244 e. The summed E-state index contributed by atoms with van der Waals surface area (Å²) in [6.07, 6.45) is 0. The van der Waals surface area contributed by atoms with Crippen molar-refractivity contribution in [1.82, 2.24) is 4.31 Å². The second kappa shape index (κ2) is 5.97. The molecule has 0 radical (unpaired) electrons. The van der Waals surface area contributed by atoms with E-state index in [-0.39, 0.29) is 21.8 Å². The molecule has 2 rings (SSSR count). The predicted octanol–water partition coefficient (Wildman–Crippen LogP) is 2.49. The second-order valence-electron chi connectivity index (χ2n) is 4.44. The lowest BCUT2D eigenvalue weighted by atomic mass is 10.2. The molecule has 1 heterocycles. The highest BCUT2D eigenvalue weighted by Gasteiger charge is 2.32. The van der Waals surface area contributed by atoms with Crippen molar-refractivity contribution in [3.8, 4) is 0 Å². The number of hydrogen-bond acceptors (Lipinski definition) is 3. The summed E-state index contributed by atoms with van der Waals surface area (Å²) in [5.74, 6) is 0.248. The van der Waals surface area contributed by atoms with Crippen molar-refractivity contribution in [2.24, 2.45) is 0 Å². The number of ether oxygens (including phenoxy) is 1. The largest absolute Gasteiger partial charge is 0.378 e. The molecule has 1 aliphatic heterocycles. The van der Waals surface area contributed by atoms with Gasteiger partial charge in [-0.1, -0.05) is 17.7 Å². The third-order valence-electron chi connectivity index (χ3n) is 3.04. The van der Waals surface area contributed by atoms with Gasteiger partial charge >= 0.3 is 0 Å². The molecule has 0 spiro atoms. The molecule has 0 amide bonds. The van der Waals surface area contributed by atoms with Crippen LogP contribution in [0, 0.1) is 0 Å². The van der Waals surface area contributed by atoms with Gasteiger partial charge in [0.05, 0.1) is 18.2 Å². The van der Waals surface area contributed by atoms with Gasteiger partial charge in [-0.15, -0.1) is 11.6 Å². The molecule has 1 aliphatic rings. The van der Waals surface area contributed by atoms with Crippen LogP contribution in [0.15, 0.2) is 23.1 Å². The van der Waals surface area contributed by atoms with Gasteiger partial charge in [0.25, 0.3) is 0 Å². The zero-order chi connectivity index (χ0) is 14.0. The molecular formula is C12H15Cl2NO3S. The molecule has 0 saturated carbocycles. The van der Waals surface area contributed by atoms with Gasteiger partial charge in [0.2, 0.25) is 10.0 Å². The van der Waals surface area contributed by atoms with E-state index in [1.807, 2.05) is 6.92 Å². The van der Waals surface area contributed by atoms with Gasteiger partial charge in [-0.2, -0.15) is 4.31 Å². The normalized spacial score (nSPS) is 21.5. The van der Waals surface area contributed by atoms with Gasteiger partial charge < -0.3 is 4.74 Å². The first-order chi connectivity index (χ1) is 8.96. The minimum absolute atomic E-state index is 0.112. The maximum Gasteiger partial charge on any atom is 0.244 e. The van der Waals surface area contributed by atoms with E-state index in [1.165, 1.54) is 10.4 Å². The Labute approximate surface area is 123 Å². The summed E-state index contributed by atoms with van der Waals surface area (Å²) < 4.78 is 31.9. The van der Waals surface area contributed by atoms with Gasteiger partial charge in [-0.3, -0.25) is 0 Å². The van der Waals surface area contributed by atoms with E-state index in [9.17, 15) is 8.42 Å². The predicted molar refractivity (Wildman–Crippen MR) is 75.2 cm³/mol. The van der Waals surface area contributed by atoms with Gasteiger partial charge in [-0.05, 0) is 24.6 Å². The molecule has 1 aromatic carbocycles. The van der Waals surface area contributed by atoms with Crippen LogP contribution < -0.4 is 0 Å². The fraction of sp³-hybridized carbons (Fsp3) is 0.500. The summed E-state index contributed by atoms with van der Waals surface area (Å²) in [4.78, 5) is 0.112. The Bertz CT molecular complexity index is 562. The van der Waals surface area contributed by atoms with E-state index in [4.69, 9.17) is 27.9 Å². The Hall–Kier alpha value is -0.330. The molecule has 4 nitrogen and oxygen atoms in total. The van der Waals surface area contributed by atoms with Crippen LogP contribution in [0.25, 0.3) is 0 Å². The summed E-state index contributed by atoms with van der Waals surface area (Å²) in [5, 5.41) is 0.215. The first kappa shape index (κ1) is 15.1. The van der Waals surface area contributed by atoms with Gasteiger partial charge in [-0.25, -0.2) is 8.42 Å². The fourth-order valence-corrected chi connectivity index (χ4v) is 4.32. The Morgan fingerprint density at radius 1 is 1.47 bits per heavy atom. The van der Waals surface area contributed by atoms with E-state index >= 15 is 0 Å². The zero-order valence-electron chi connectivity index (χ0n) is 10.5. The molecule has 0 bridgehead atoms. The quantitative estimate of drug-likeness (QED) is 0.803. The summed E-state index contributed by atoms with van der Waals surface area (Å²) in [5.41, 5.74) is 0.727. The molecule has 1 unspecified atom stereocenters. The number of benzene rings is 1. The number of morpholine rings is 1. The van der Waals surface area contributed by atoms with Crippen molar-refractivity contribution in [1.29, 1.82) is 0 Å². The maximum atomic E-state index is 12.6. The molecule has 7 heteroatoms. The van der Waals surface area contributed by atoms with Crippen LogP contribution in [0.2, 0.25) is 5.02 Å². The SMILES string of the molecule is CC1COCCN1S(=O)(=O)c1cc(CCl)ccc1Cl. The summed E-state index contributed by atoms with van der Waals surface area (Å²) in [6, 6.07) is 4.62. The topological polar surface area (TPSA) is 46.6 Å². The molecule has 0 aliphatic carbocycles. The minimum atomic E-state index is -3.61. The summed E-state index contributed by atoms with van der Waals surface area (Å²) in [6.45, 7) is 2.95. The number of nitrogens with zero attached hydrogens (tertiary/aromatic N) is 1. The number of rotatable bonds is 3. The minimum Gasteiger partial charge on any atom is -0.378 e. The molecule has 19 heavy (non-hydrogen) atoms. The number of hydrogen-bond donors (Lipinski definition) is 0. The van der Waals surface area contributed by atoms with Gasteiger partial charge in [0, 0.05) is 18.5 Å². The number of sulfonamides is 1. The number of halogens is 2. The van der Waals surface area contributed by atoms with Crippen LogP contribution in [0.3, 0.4) is 0 Å². The molecule has 0 aromatic heterocycles. The van der Waals surface area contributed by atoms with Crippen molar-refractivity contribution in [3.63, 3.8) is 0 Å². The van der Waals surface area contributed by atoms with E-state index < -0.39 is 10.0 Å². The summed E-state index contributed by atoms with van der Waals surface area (Å²) >= 11 is 11.8. The lowest BCUT2D eigenvalue weighted by molar-refractivity contribution is 0.0393. The van der Waals surface area contributed by atoms with Crippen molar-refractivity contribution in [3.05, 3.63) is 28.8 Å². The highest BCUT2D eigenvalue weighted by Crippen LogP contribution is 2.28. The van der Waals surface area contributed by atoms with Crippen molar-refractivity contribution < 1.29 is 13.2 Å². The van der Waals surface area contributed by atoms with Crippen molar-refractivity contribution >= 4 is 33.2 Å². The second-order valence-corrected chi connectivity index (χ2v) is 6.97. The van der Waals surface area contributed by atoms with Crippen LogP contribution in [0.1, 0.15) is 12.5 Å². The fourth-order valence-electron chi connectivity index (χ4n) is 2.02. The first-order valence-corrected chi connectivity index (χ1v) is 8.26. The average Bonchev–Trinajstić information content (AvgIpc) is 2.39. The van der Waals surface area contributed by atoms with Crippen LogP contribution in [-0.4, -0.2) is 38.5 Å². The molecular weight excluding hydrogens is 309 g/mol. The van der Waals surface area contributed by atoms with Crippen molar-refractivity contribution in [2.75, 3.05) is 19.8 Å². The molecule has 0 N–H and O–H groups in total. The maximum absolute atomic E-state index is 12.6. The molecule has 1 saturated heterocycles. The van der Waals surface area contributed by atoms with E-state index in [0.717, 1.165) is 5.56 Å². The van der Waals surface area contributed by atoms with E-state index in [0.29, 0.717) is 19.8 Å². The Balaban J connectivity index is 2.43. The lowest BCUT2D eigenvalue weighted by Crippen LogP contribution is -2.47. The van der Waals surface area contributed by atoms with Crippen LogP contribution in [-0.2, 0) is 20.6 Å². The molecule has 1 fully saturated rings. The molecule has 1 aromatic rings. The van der Waals surface area contributed by atoms with Crippen LogP contribution in [0.5, 0.6) is 0 Å². The molecule has 106 valence electrons. The first-order valence-electron chi connectivity index (χ1n) is 5.91. The van der Waals surface area contributed by atoms with E-state index in [2.05, 4.69) is 0 Å². The Morgan fingerprint density at radius 2 is 2.21 bits per heavy atom. The van der Waals surface area contributed by atoms with Crippen LogP contribution >= 0.6 is 23.2 Å². The molecule has 1 atom stereocenters. The third-order valence-corrected chi connectivity index (χ3v) is 5.85. The van der Waals surface area contributed by atoms with E-state index in [1.54, 1.807) is 12.1 Å².